The van der Waals surface area contributed by atoms with Gasteiger partial charge in [-0.15, -0.1) is 0 Å². The Morgan fingerprint density at radius 2 is 1.62 bits per heavy atom. The Labute approximate surface area is 167 Å². The Bertz CT molecular complexity index is 975. The number of anilines is 1. The van der Waals surface area contributed by atoms with Crippen LogP contribution in [0.1, 0.15) is 5.56 Å². The molecule has 0 spiro atoms. The fourth-order valence-corrected chi connectivity index (χ4v) is 3.49. The first-order chi connectivity index (χ1) is 14.1. The number of rotatable bonds is 6. The summed E-state index contributed by atoms with van der Waals surface area (Å²) in [4.78, 5) is 27.1. The predicted molar refractivity (Wildman–Crippen MR) is 103 cm³/mol. The lowest BCUT2D eigenvalue weighted by Gasteiger charge is -2.21. The van der Waals surface area contributed by atoms with Crippen LogP contribution in [0.15, 0.2) is 52.8 Å². The highest BCUT2D eigenvalue weighted by molar-refractivity contribution is 6.25. The first-order valence-electron chi connectivity index (χ1n) is 8.97. The molecule has 29 heavy (non-hydrogen) atoms. The molecule has 0 N–H and O–H groups in total. The van der Waals surface area contributed by atoms with Crippen LogP contribution in [0.4, 0.5) is 5.69 Å². The standard InChI is InChI=1S/C20H20N4O5/c1-27-14-7-4-12(5-8-14)11-23-18-17(21-22-23)19(25)24(20(18)26)13-6-9-15(28-2)16(10-13)29-3/h4-10,17-18H,11H2,1-3H3/t17-,18+/m0/s1. The maximum atomic E-state index is 13.1. The molecule has 2 amide bonds. The molecule has 0 aliphatic carbocycles. The molecule has 2 aromatic rings. The normalized spacial score (nSPS) is 20.2. The lowest BCUT2D eigenvalue weighted by Crippen LogP contribution is -2.39. The molecule has 2 atom stereocenters. The summed E-state index contributed by atoms with van der Waals surface area (Å²) in [7, 11) is 4.61. The molecule has 0 bridgehead atoms. The molecule has 0 radical (unpaired) electrons. The van der Waals surface area contributed by atoms with Crippen LogP contribution in [0.2, 0.25) is 0 Å². The largest absolute Gasteiger partial charge is 0.497 e. The molecular weight excluding hydrogens is 376 g/mol. The minimum atomic E-state index is -0.853. The van der Waals surface area contributed by atoms with E-state index in [1.54, 1.807) is 30.3 Å². The van der Waals surface area contributed by atoms with E-state index in [4.69, 9.17) is 14.2 Å². The van der Waals surface area contributed by atoms with Crippen molar-refractivity contribution in [3.05, 3.63) is 48.0 Å². The molecule has 2 aliphatic rings. The molecule has 150 valence electrons. The molecular formula is C20H20N4O5. The SMILES string of the molecule is COc1ccc(CN2N=N[C@@H]3C(=O)N(c4ccc(OC)c(OC)c4)C(=O)[C@@H]32)cc1. The van der Waals surface area contributed by atoms with Gasteiger partial charge < -0.3 is 14.2 Å². The van der Waals surface area contributed by atoms with E-state index >= 15 is 0 Å². The summed E-state index contributed by atoms with van der Waals surface area (Å²) in [5.74, 6) is 0.899. The summed E-state index contributed by atoms with van der Waals surface area (Å²) >= 11 is 0. The van der Waals surface area contributed by atoms with Crippen LogP contribution < -0.4 is 19.1 Å². The lowest BCUT2D eigenvalue weighted by molar-refractivity contribution is -0.123. The van der Waals surface area contributed by atoms with Crippen molar-refractivity contribution in [2.24, 2.45) is 10.3 Å². The predicted octanol–water partition coefficient (Wildman–Crippen LogP) is 2.21. The second-order valence-corrected chi connectivity index (χ2v) is 6.59. The van der Waals surface area contributed by atoms with Gasteiger partial charge in [0, 0.05) is 6.07 Å². The van der Waals surface area contributed by atoms with Gasteiger partial charge in [0.15, 0.2) is 23.6 Å². The maximum Gasteiger partial charge on any atom is 0.263 e. The van der Waals surface area contributed by atoms with Crippen molar-refractivity contribution in [2.75, 3.05) is 26.2 Å². The van der Waals surface area contributed by atoms with Crippen molar-refractivity contribution >= 4 is 17.5 Å². The third-order valence-electron chi connectivity index (χ3n) is 4.99. The first-order valence-corrected chi connectivity index (χ1v) is 8.97. The van der Waals surface area contributed by atoms with Gasteiger partial charge in [-0.25, -0.2) is 4.90 Å². The molecule has 9 heteroatoms. The minimum Gasteiger partial charge on any atom is -0.497 e. The number of hydrogen-bond donors (Lipinski definition) is 0. The summed E-state index contributed by atoms with van der Waals surface area (Å²) in [6.07, 6.45) is 0. The zero-order valence-electron chi connectivity index (χ0n) is 16.2. The zero-order chi connectivity index (χ0) is 20.5. The number of ether oxygens (including phenoxy) is 3. The van der Waals surface area contributed by atoms with Gasteiger partial charge in [-0.1, -0.05) is 17.4 Å². The fraction of sp³-hybridized carbons (Fsp3) is 0.300. The molecule has 2 heterocycles. The lowest BCUT2D eigenvalue weighted by atomic mass is 10.1. The average molecular weight is 396 g/mol. The number of fused-ring (bicyclic) bond motifs is 1. The number of imide groups is 1. The highest BCUT2D eigenvalue weighted by Gasteiger charge is 2.54. The number of hydrogen-bond acceptors (Lipinski definition) is 8. The monoisotopic (exact) mass is 396 g/mol. The number of nitrogens with zero attached hydrogens (tertiary/aromatic N) is 4. The summed E-state index contributed by atoms with van der Waals surface area (Å²) in [5, 5.41) is 9.66. The van der Waals surface area contributed by atoms with E-state index in [2.05, 4.69) is 10.3 Å². The second-order valence-electron chi connectivity index (χ2n) is 6.59. The summed E-state index contributed by atoms with van der Waals surface area (Å²) in [5.41, 5.74) is 1.34. The van der Waals surface area contributed by atoms with Gasteiger partial charge in [-0.05, 0) is 29.8 Å². The molecule has 0 saturated carbocycles. The topological polar surface area (TPSA) is 93.0 Å². The molecule has 0 aromatic heterocycles. The first kappa shape index (κ1) is 18.7. The van der Waals surface area contributed by atoms with Crippen molar-refractivity contribution < 1.29 is 23.8 Å². The third kappa shape index (κ3) is 3.14. The van der Waals surface area contributed by atoms with E-state index in [9.17, 15) is 9.59 Å². The van der Waals surface area contributed by atoms with E-state index in [-0.39, 0.29) is 5.91 Å². The van der Waals surface area contributed by atoms with Gasteiger partial charge in [-0.2, -0.15) is 5.11 Å². The number of amides is 2. The fourth-order valence-electron chi connectivity index (χ4n) is 3.49. The van der Waals surface area contributed by atoms with Crippen LogP contribution in [0.3, 0.4) is 0 Å². The van der Waals surface area contributed by atoms with Gasteiger partial charge in [0.05, 0.1) is 33.6 Å². The quantitative estimate of drug-likeness (QED) is 0.695. The Kier molecular flexibility index (Phi) is 4.79. The number of carbonyl (C=O) groups excluding carboxylic acids is 2. The highest BCUT2D eigenvalue weighted by atomic mass is 16.5. The van der Waals surface area contributed by atoms with Crippen LogP contribution in [-0.4, -0.2) is 50.2 Å². The van der Waals surface area contributed by atoms with Gasteiger partial charge in [0.2, 0.25) is 0 Å². The van der Waals surface area contributed by atoms with E-state index in [1.165, 1.54) is 14.2 Å². The molecule has 4 rings (SSSR count). The van der Waals surface area contributed by atoms with Crippen LogP contribution in [0, 0.1) is 0 Å². The summed E-state index contributed by atoms with van der Waals surface area (Å²) < 4.78 is 15.7. The van der Waals surface area contributed by atoms with Crippen molar-refractivity contribution in [1.29, 1.82) is 0 Å². The van der Waals surface area contributed by atoms with Crippen LogP contribution in [0.25, 0.3) is 0 Å². The van der Waals surface area contributed by atoms with Gasteiger partial charge in [-0.3, -0.25) is 14.6 Å². The molecule has 0 unspecified atom stereocenters. The average Bonchev–Trinajstić information content (AvgIpc) is 3.27. The van der Waals surface area contributed by atoms with Crippen LogP contribution in [0.5, 0.6) is 17.2 Å². The van der Waals surface area contributed by atoms with E-state index < -0.39 is 18.0 Å². The van der Waals surface area contributed by atoms with Gasteiger partial charge in [0.25, 0.3) is 11.8 Å². The molecule has 2 aliphatic heterocycles. The number of carbonyl (C=O) groups is 2. The van der Waals surface area contributed by atoms with E-state index in [0.717, 1.165) is 16.2 Å². The highest BCUT2D eigenvalue weighted by Crippen LogP contribution is 2.37. The second kappa shape index (κ2) is 7.42. The van der Waals surface area contributed by atoms with E-state index in [1.807, 2.05) is 24.3 Å². The number of benzene rings is 2. The number of methoxy groups -OCH3 is 3. The molecule has 2 aromatic carbocycles. The Morgan fingerprint density at radius 3 is 2.28 bits per heavy atom. The van der Waals surface area contributed by atoms with Crippen LogP contribution >= 0.6 is 0 Å². The summed E-state index contributed by atoms with van der Waals surface area (Å²) in [6.45, 7) is 0.355. The molecule has 1 saturated heterocycles. The zero-order valence-corrected chi connectivity index (χ0v) is 16.2. The van der Waals surface area contributed by atoms with Gasteiger partial charge >= 0.3 is 0 Å². The van der Waals surface area contributed by atoms with Crippen molar-refractivity contribution in [3.8, 4) is 17.2 Å². The third-order valence-corrected chi connectivity index (χ3v) is 4.99. The molecule has 1 fully saturated rings. The van der Waals surface area contributed by atoms with Crippen molar-refractivity contribution in [1.82, 2.24) is 5.01 Å². The van der Waals surface area contributed by atoms with Crippen LogP contribution in [-0.2, 0) is 16.1 Å². The summed E-state index contributed by atoms with van der Waals surface area (Å²) in [6, 6.07) is 10.7. The van der Waals surface area contributed by atoms with Crippen molar-refractivity contribution in [2.45, 2.75) is 18.6 Å². The van der Waals surface area contributed by atoms with Crippen molar-refractivity contribution in [3.63, 3.8) is 0 Å². The smallest absolute Gasteiger partial charge is 0.263 e. The molecule has 9 nitrogen and oxygen atoms in total. The maximum absolute atomic E-state index is 13.1. The Morgan fingerprint density at radius 1 is 0.897 bits per heavy atom. The minimum absolute atomic E-state index is 0.355. The van der Waals surface area contributed by atoms with Gasteiger partial charge in [0.1, 0.15) is 5.75 Å². The van der Waals surface area contributed by atoms with E-state index in [0.29, 0.717) is 23.7 Å². The Hall–Kier alpha value is -3.62. The Balaban J connectivity index is 1.58.